The molecule has 1 amide bonds. The fourth-order valence-electron chi connectivity index (χ4n) is 4.50. The highest BCUT2D eigenvalue weighted by molar-refractivity contribution is 6.03. The molecule has 4 atom stereocenters. The average molecular weight is 496 g/mol. The van der Waals surface area contributed by atoms with Crippen LogP contribution in [0.4, 0.5) is 18.9 Å². The van der Waals surface area contributed by atoms with Gasteiger partial charge in [0.2, 0.25) is 0 Å². The lowest BCUT2D eigenvalue weighted by molar-refractivity contribution is -0.123. The number of hydrogen-bond donors (Lipinski definition) is 3. The number of pyridine rings is 2. The number of aromatic nitrogens is 2. The second kappa shape index (κ2) is 9.68. The van der Waals surface area contributed by atoms with Gasteiger partial charge in [-0.15, -0.1) is 0 Å². The highest BCUT2D eigenvalue weighted by Crippen LogP contribution is 2.43. The minimum atomic E-state index is -1.28. The van der Waals surface area contributed by atoms with E-state index in [-0.39, 0.29) is 24.0 Å². The van der Waals surface area contributed by atoms with E-state index in [1.807, 2.05) is 6.92 Å². The van der Waals surface area contributed by atoms with Gasteiger partial charge in [-0.05, 0) is 67.5 Å². The number of benzene rings is 1. The molecule has 7 nitrogen and oxygen atoms in total. The molecule has 0 spiro atoms. The van der Waals surface area contributed by atoms with Gasteiger partial charge in [0.15, 0.2) is 5.82 Å². The van der Waals surface area contributed by atoms with E-state index in [1.54, 1.807) is 19.1 Å². The van der Waals surface area contributed by atoms with Gasteiger partial charge in [0.25, 0.3) is 5.91 Å². The lowest BCUT2D eigenvalue weighted by atomic mass is 9.69. The van der Waals surface area contributed by atoms with E-state index in [2.05, 4.69) is 15.3 Å². The van der Waals surface area contributed by atoms with Gasteiger partial charge in [-0.25, -0.2) is 18.2 Å². The number of aliphatic hydroxyl groups is 2. The van der Waals surface area contributed by atoms with Crippen LogP contribution in [-0.2, 0) is 0 Å². The highest BCUT2D eigenvalue weighted by atomic mass is 19.1. The zero-order valence-electron chi connectivity index (χ0n) is 19.5. The molecule has 1 fully saturated rings. The van der Waals surface area contributed by atoms with Crippen LogP contribution >= 0.6 is 0 Å². The fraction of sp³-hybridized carbons (Fsp3) is 0.308. The standard InChI is InChI=1S/C26H23F3N4O3/c1-13-9-15(10-21(34)26(13,2)36)16-7-8-31-12-20(16)33-25(35)19-6-5-18(28)24(32-19)22-17(27)4-3-14(11-30)23(22)29/h3-8,12-13,15,21,34,36H,9-10H2,1-2H3,(H,33,35)/t13-,15+,21+,26+/m0/s1. The van der Waals surface area contributed by atoms with Gasteiger partial charge in [0.05, 0.1) is 34.7 Å². The van der Waals surface area contributed by atoms with E-state index in [9.17, 15) is 28.2 Å². The number of nitrogens with one attached hydrogen (secondary N) is 1. The Kier molecular flexibility index (Phi) is 6.80. The second-order valence-electron chi connectivity index (χ2n) is 9.15. The molecule has 186 valence electrons. The number of nitriles is 1. The molecule has 1 aliphatic rings. The van der Waals surface area contributed by atoms with Crippen molar-refractivity contribution in [3.05, 3.63) is 77.0 Å². The third kappa shape index (κ3) is 4.55. The summed E-state index contributed by atoms with van der Waals surface area (Å²) in [6.45, 7) is 3.42. The number of hydrogen-bond acceptors (Lipinski definition) is 6. The molecule has 0 unspecified atom stereocenters. The number of carbonyl (C=O) groups excluding carboxylic acids is 1. The molecule has 3 aromatic rings. The van der Waals surface area contributed by atoms with Crippen LogP contribution in [0, 0.1) is 34.7 Å². The Hall–Kier alpha value is -3.81. The molecule has 0 bridgehead atoms. The van der Waals surface area contributed by atoms with Crippen LogP contribution in [0.1, 0.15) is 54.2 Å². The molecule has 4 rings (SSSR count). The summed E-state index contributed by atoms with van der Waals surface area (Å²) in [5.74, 6) is -4.68. The number of anilines is 1. The Morgan fingerprint density at radius 3 is 2.58 bits per heavy atom. The third-order valence-electron chi connectivity index (χ3n) is 6.89. The van der Waals surface area contributed by atoms with Crippen molar-refractivity contribution < 1.29 is 28.2 Å². The predicted molar refractivity (Wildman–Crippen MR) is 124 cm³/mol. The molecule has 1 saturated carbocycles. The zero-order chi connectivity index (χ0) is 26.2. The van der Waals surface area contributed by atoms with Crippen LogP contribution in [0.2, 0.25) is 0 Å². The van der Waals surface area contributed by atoms with E-state index in [4.69, 9.17) is 5.26 Å². The summed E-state index contributed by atoms with van der Waals surface area (Å²) in [5, 5.41) is 32.6. The largest absolute Gasteiger partial charge is 0.390 e. The van der Waals surface area contributed by atoms with Gasteiger partial charge in [-0.1, -0.05) is 6.92 Å². The first-order valence-corrected chi connectivity index (χ1v) is 11.2. The van der Waals surface area contributed by atoms with Crippen molar-refractivity contribution in [2.24, 2.45) is 5.92 Å². The normalized spacial score (nSPS) is 23.7. The van der Waals surface area contributed by atoms with Gasteiger partial charge in [-0.2, -0.15) is 5.26 Å². The van der Waals surface area contributed by atoms with E-state index < -0.39 is 51.9 Å². The lowest BCUT2D eigenvalue weighted by Gasteiger charge is -2.43. The number of rotatable bonds is 4. The summed E-state index contributed by atoms with van der Waals surface area (Å²) in [6.07, 6.45) is 2.78. The summed E-state index contributed by atoms with van der Waals surface area (Å²) >= 11 is 0. The molecule has 3 N–H and O–H groups in total. The van der Waals surface area contributed by atoms with E-state index in [0.717, 1.165) is 24.3 Å². The third-order valence-corrected chi connectivity index (χ3v) is 6.89. The molecule has 1 aliphatic carbocycles. The first-order chi connectivity index (χ1) is 17.0. The van der Waals surface area contributed by atoms with Crippen LogP contribution in [0.15, 0.2) is 42.7 Å². The number of nitrogens with zero attached hydrogens (tertiary/aromatic N) is 3. The van der Waals surface area contributed by atoms with Crippen molar-refractivity contribution in [3.63, 3.8) is 0 Å². The van der Waals surface area contributed by atoms with Crippen molar-refractivity contribution in [1.82, 2.24) is 9.97 Å². The lowest BCUT2D eigenvalue weighted by Crippen LogP contribution is -2.49. The van der Waals surface area contributed by atoms with E-state index >= 15 is 0 Å². The fourth-order valence-corrected chi connectivity index (χ4v) is 4.50. The number of halogens is 3. The minimum absolute atomic E-state index is 0.192. The second-order valence-corrected chi connectivity index (χ2v) is 9.15. The summed E-state index contributed by atoms with van der Waals surface area (Å²) in [4.78, 5) is 20.9. The Bertz CT molecular complexity index is 1360. The maximum Gasteiger partial charge on any atom is 0.274 e. The monoisotopic (exact) mass is 496 g/mol. The van der Waals surface area contributed by atoms with Gasteiger partial charge >= 0.3 is 0 Å². The van der Waals surface area contributed by atoms with Crippen LogP contribution in [-0.4, -0.2) is 37.8 Å². The molecule has 2 heterocycles. The van der Waals surface area contributed by atoms with Gasteiger partial charge < -0.3 is 15.5 Å². The minimum Gasteiger partial charge on any atom is -0.390 e. The van der Waals surface area contributed by atoms with Gasteiger partial charge in [-0.3, -0.25) is 9.78 Å². The Morgan fingerprint density at radius 1 is 1.17 bits per heavy atom. The molecular formula is C26H23F3N4O3. The highest BCUT2D eigenvalue weighted by Gasteiger charge is 2.43. The van der Waals surface area contributed by atoms with Crippen LogP contribution in [0.5, 0.6) is 0 Å². The predicted octanol–water partition coefficient (Wildman–Crippen LogP) is 4.31. The summed E-state index contributed by atoms with van der Waals surface area (Å²) in [6, 6.07) is 6.93. The summed E-state index contributed by atoms with van der Waals surface area (Å²) in [7, 11) is 0. The maximum absolute atomic E-state index is 14.6. The number of amides is 1. The quantitative estimate of drug-likeness (QED) is 0.495. The van der Waals surface area contributed by atoms with Crippen molar-refractivity contribution in [3.8, 4) is 17.3 Å². The van der Waals surface area contributed by atoms with Gasteiger partial charge in [0, 0.05) is 6.20 Å². The number of carbonyl (C=O) groups is 1. The van der Waals surface area contributed by atoms with E-state index in [0.29, 0.717) is 17.7 Å². The molecular weight excluding hydrogens is 473 g/mol. The van der Waals surface area contributed by atoms with Crippen molar-refractivity contribution >= 4 is 11.6 Å². The Labute approximate surface area is 205 Å². The van der Waals surface area contributed by atoms with Crippen molar-refractivity contribution in [2.75, 3.05) is 5.32 Å². The van der Waals surface area contributed by atoms with Crippen LogP contribution in [0.3, 0.4) is 0 Å². The SMILES string of the molecule is C[C@H]1C[C@@H](c2ccncc2NC(=O)c2ccc(F)c(-c3c(F)ccc(C#N)c3F)n2)C[C@@H](O)[C@]1(C)O. The number of aliphatic hydroxyl groups excluding tert-OH is 1. The van der Waals surface area contributed by atoms with Gasteiger partial charge in [0.1, 0.15) is 29.1 Å². The molecule has 0 radical (unpaired) electrons. The Balaban J connectivity index is 1.66. The summed E-state index contributed by atoms with van der Waals surface area (Å²) < 4.78 is 43.5. The molecule has 1 aromatic carbocycles. The zero-order valence-corrected chi connectivity index (χ0v) is 19.5. The topological polar surface area (TPSA) is 119 Å². The van der Waals surface area contributed by atoms with Crippen LogP contribution < -0.4 is 5.32 Å². The Morgan fingerprint density at radius 2 is 1.89 bits per heavy atom. The first kappa shape index (κ1) is 25.3. The van der Waals surface area contributed by atoms with E-state index in [1.165, 1.54) is 12.4 Å². The molecule has 10 heteroatoms. The molecule has 0 saturated heterocycles. The first-order valence-electron chi connectivity index (χ1n) is 11.2. The van der Waals surface area contributed by atoms with Crippen LogP contribution in [0.25, 0.3) is 11.3 Å². The van der Waals surface area contributed by atoms with Crippen molar-refractivity contribution in [2.45, 2.75) is 44.3 Å². The summed E-state index contributed by atoms with van der Waals surface area (Å²) in [5.41, 5.74) is -2.64. The van der Waals surface area contributed by atoms with Crippen molar-refractivity contribution in [1.29, 1.82) is 5.26 Å². The molecule has 2 aromatic heterocycles. The maximum atomic E-state index is 14.6. The molecule has 36 heavy (non-hydrogen) atoms. The average Bonchev–Trinajstić information content (AvgIpc) is 2.84. The smallest absolute Gasteiger partial charge is 0.274 e. The molecule has 0 aliphatic heterocycles.